The number of halogens is 1. The van der Waals surface area contributed by atoms with Gasteiger partial charge in [-0.05, 0) is 31.2 Å². The number of hydrogen-bond donors (Lipinski definition) is 1. The first-order valence-electron chi connectivity index (χ1n) is 7.25. The molecule has 0 fully saturated rings. The van der Waals surface area contributed by atoms with Gasteiger partial charge in [-0.3, -0.25) is 0 Å². The molecule has 0 aliphatic heterocycles. The Labute approximate surface area is 142 Å². The number of aromatic nitrogens is 3. The predicted molar refractivity (Wildman–Crippen MR) is 90.9 cm³/mol. The van der Waals surface area contributed by atoms with Crippen LogP contribution in [0.15, 0.2) is 42.0 Å². The summed E-state index contributed by atoms with van der Waals surface area (Å²) in [6.07, 6.45) is 3.34. The maximum absolute atomic E-state index is 13.6. The van der Waals surface area contributed by atoms with E-state index in [2.05, 4.69) is 15.4 Å². The van der Waals surface area contributed by atoms with E-state index in [0.29, 0.717) is 17.9 Å². The Bertz CT molecular complexity index is 846. The van der Waals surface area contributed by atoms with E-state index in [-0.39, 0.29) is 6.03 Å². The molecule has 3 rings (SSSR count). The Kier molecular flexibility index (Phi) is 4.57. The van der Waals surface area contributed by atoms with Crippen molar-refractivity contribution in [3.63, 3.8) is 0 Å². The lowest BCUT2D eigenvalue weighted by Gasteiger charge is -2.18. The third-order valence-electron chi connectivity index (χ3n) is 3.34. The summed E-state index contributed by atoms with van der Waals surface area (Å²) >= 11 is 1.50. The van der Waals surface area contributed by atoms with E-state index in [1.54, 1.807) is 36.3 Å². The maximum Gasteiger partial charge on any atom is 0.322 e. The van der Waals surface area contributed by atoms with Gasteiger partial charge in [0, 0.05) is 30.5 Å². The molecule has 0 spiro atoms. The van der Waals surface area contributed by atoms with Gasteiger partial charge in [0.2, 0.25) is 0 Å². The molecule has 0 aliphatic carbocycles. The summed E-state index contributed by atoms with van der Waals surface area (Å²) in [6.45, 7) is 2.29. The summed E-state index contributed by atoms with van der Waals surface area (Å²) in [4.78, 5) is 18.2. The minimum Gasteiger partial charge on any atom is -0.321 e. The molecule has 0 unspecified atom stereocenters. The number of thiazole rings is 1. The van der Waals surface area contributed by atoms with Crippen molar-refractivity contribution in [1.82, 2.24) is 19.7 Å². The van der Waals surface area contributed by atoms with E-state index < -0.39 is 5.82 Å². The van der Waals surface area contributed by atoms with Gasteiger partial charge < -0.3 is 10.2 Å². The average molecular weight is 345 g/mol. The fourth-order valence-electron chi connectivity index (χ4n) is 2.18. The number of urea groups is 1. The highest BCUT2D eigenvalue weighted by atomic mass is 32.1. The van der Waals surface area contributed by atoms with Crippen LogP contribution in [0.25, 0.3) is 5.69 Å². The van der Waals surface area contributed by atoms with Crippen LogP contribution in [-0.2, 0) is 6.54 Å². The largest absolute Gasteiger partial charge is 0.322 e. The van der Waals surface area contributed by atoms with Crippen molar-refractivity contribution < 1.29 is 9.18 Å². The molecular weight excluding hydrogens is 329 g/mol. The van der Waals surface area contributed by atoms with Crippen LogP contribution in [0.3, 0.4) is 0 Å². The van der Waals surface area contributed by atoms with Crippen molar-refractivity contribution in [2.75, 3.05) is 12.4 Å². The molecule has 0 bridgehead atoms. The van der Waals surface area contributed by atoms with Crippen LogP contribution in [-0.4, -0.2) is 32.7 Å². The Balaban J connectivity index is 1.77. The molecule has 8 heteroatoms. The number of carbonyl (C=O) groups excluding carboxylic acids is 1. The molecule has 6 nitrogen and oxygen atoms in total. The van der Waals surface area contributed by atoms with Crippen LogP contribution in [0.2, 0.25) is 0 Å². The predicted octanol–water partition coefficient (Wildman–Crippen LogP) is 3.44. The van der Waals surface area contributed by atoms with Crippen LogP contribution in [0.1, 0.15) is 10.7 Å². The fraction of sp³-hybridized carbons (Fsp3) is 0.188. The number of carbonyl (C=O) groups is 1. The van der Waals surface area contributed by atoms with Gasteiger partial charge in [-0.1, -0.05) is 0 Å². The molecule has 0 radical (unpaired) electrons. The number of amides is 2. The van der Waals surface area contributed by atoms with Gasteiger partial charge in [-0.2, -0.15) is 5.10 Å². The minimum atomic E-state index is -0.431. The van der Waals surface area contributed by atoms with Crippen LogP contribution < -0.4 is 5.32 Å². The molecule has 0 saturated heterocycles. The van der Waals surface area contributed by atoms with E-state index in [9.17, 15) is 9.18 Å². The fourth-order valence-corrected chi connectivity index (χ4v) is 3.00. The van der Waals surface area contributed by atoms with Gasteiger partial charge in [-0.15, -0.1) is 11.3 Å². The van der Waals surface area contributed by atoms with Gasteiger partial charge in [0.1, 0.15) is 10.8 Å². The molecule has 2 heterocycles. The summed E-state index contributed by atoms with van der Waals surface area (Å²) in [7, 11) is 1.67. The van der Waals surface area contributed by atoms with E-state index in [4.69, 9.17) is 0 Å². The molecule has 24 heavy (non-hydrogen) atoms. The van der Waals surface area contributed by atoms with Crippen LogP contribution in [0, 0.1) is 12.7 Å². The Morgan fingerprint density at radius 1 is 1.46 bits per heavy atom. The number of rotatable bonds is 4. The number of nitrogens with one attached hydrogen (secondary N) is 1. The minimum absolute atomic E-state index is 0.346. The highest BCUT2D eigenvalue weighted by Gasteiger charge is 2.15. The van der Waals surface area contributed by atoms with Gasteiger partial charge in [0.15, 0.2) is 0 Å². The Hall–Kier alpha value is -2.74. The van der Waals surface area contributed by atoms with Crippen molar-refractivity contribution in [3.8, 4) is 5.69 Å². The molecule has 1 N–H and O–H groups in total. The normalized spacial score (nSPS) is 10.6. The topological polar surface area (TPSA) is 63.1 Å². The molecule has 1 aromatic carbocycles. The monoisotopic (exact) mass is 345 g/mol. The lowest BCUT2D eigenvalue weighted by molar-refractivity contribution is 0.220. The highest BCUT2D eigenvalue weighted by molar-refractivity contribution is 7.09. The van der Waals surface area contributed by atoms with Gasteiger partial charge in [-0.25, -0.2) is 18.9 Å². The zero-order valence-corrected chi connectivity index (χ0v) is 14.0. The van der Waals surface area contributed by atoms with Gasteiger partial charge >= 0.3 is 6.03 Å². The number of nitrogens with zero attached hydrogens (tertiary/aromatic N) is 4. The quantitative estimate of drug-likeness (QED) is 0.788. The summed E-state index contributed by atoms with van der Waals surface area (Å²) in [6, 6.07) is 5.58. The summed E-state index contributed by atoms with van der Waals surface area (Å²) in [5, 5.41) is 9.63. The van der Waals surface area contributed by atoms with Crippen molar-refractivity contribution in [2.24, 2.45) is 0 Å². The molecule has 0 saturated carbocycles. The van der Waals surface area contributed by atoms with E-state index >= 15 is 0 Å². The molecule has 124 valence electrons. The lowest BCUT2D eigenvalue weighted by Crippen LogP contribution is -2.31. The smallest absolute Gasteiger partial charge is 0.321 e. The van der Waals surface area contributed by atoms with Gasteiger partial charge in [0.05, 0.1) is 17.9 Å². The molecule has 0 atom stereocenters. The second-order valence-electron chi connectivity index (χ2n) is 5.28. The van der Waals surface area contributed by atoms with Gasteiger partial charge in [0.25, 0.3) is 0 Å². The molecule has 3 aromatic rings. The zero-order chi connectivity index (χ0) is 17.1. The van der Waals surface area contributed by atoms with Crippen LogP contribution in [0.5, 0.6) is 0 Å². The van der Waals surface area contributed by atoms with Crippen molar-refractivity contribution >= 4 is 23.1 Å². The van der Waals surface area contributed by atoms with E-state index in [1.165, 1.54) is 28.4 Å². The Morgan fingerprint density at radius 2 is 2.29 bits per heavy atom. The van der Waals surface area contributed by atoms with Crippen molar-refractivity contribution in [2.45, 2.75) is 13.5 Å². The van der Waals surface area contributed by atoms with Crippen molar-refractivity contribution in [3.05, 3.63) is 58.6 Å². The SMILES string of the molecule is Cc1csc(CN(C)C(=O)Nc2cc(F)ccc2-n2cccn2)n1. The number of hydrogen-bond acceptors (Lipinski definition) is 4. The zero-order valence-electron chi connectivity index (χ0n) is 13.2. The lowest BCUT2D eigenvalue weighted by atomic mass is 10.2. The molecule has 2 aromatic heterocycles. The third kappa shape index (κ3) is 3.60. The molecule has 2 amide bonds. The standard InChI is InChI=1S/C16H16FN5OS/c1-11-10-24-15(19-11)9-21(2)16(23)20-13-8-12(17)4-5-14(13)22-7-3-6-18-22/h3-8,10H,9H2,1-2H3,(H,20,23). The third-order valence-corrected chi connectivity index (χ3v) is 4.29. The number of aryl methyl sites for hydroxylation is 1. The summed E-state index contributed by atoms with van der Waals surface area (Å²) in [5.41, 5.74) is 1.87. The summed E-state index contributed by atoms with van der Waals surface area (Å²) in [5.74, 6) is -0.431. The first-order valence-corrected chi connectivity index (χ1v) is 8.13. The first-order chi connectivity index (χ1) is 11.5. The molecule has 0 aliphatic rings. The van der Waals surface area contributed by atoms with E-state index in [0.717, 1.165) is 10.7 Å². The second-order valence-corrected chi connectivity index (χ2v) is 6.22. The summed E-state index contributed by atoms with van der Waals surface area (Å²) < 4.78 is 15.2. The molecular formula is C16H16FN5OS. The van der Waals surface area contributed by atoms with Crippen LogP contribution in [0.4, 0.5) is 14.9 Å². The highest BCUT2D eigenvalue weighted by Crippen LogP contribution is 2.21. The van der Waals surface area contributed by atoms with E-state index in [1.807, 2.05) is 12.3 Å². The number of anilines is 1. The maximum atomic E-state index is 13.6. The van der Waals surface area contributed by atoms with Crippen molar-refractivity contribution in [1.29, 1.82) is 0 Å². The van der Waals surface area contributed by atoms with Crippen LogP contribution >= 0.6 is 11.3 Å². The second kappa shape index (κ2) is 6.79. The number of benzene rings is 1. The first kappa shape index (κ1) is 16.1. The average Bonchev–Trinajstić information content (AvgIpc) is 3.19. The Morgan fingerprint density at radius 3 is 2.96 bits per heavy atom.